The molecule has 52 heavy (non-hydrogen) atoms. The van der Waals surface area contributed by atoms with Crippen molar-refractivity contribution in [2.75, 3.05) is 46.6 Å². The number of nitrogens with zero attached hydrogens (tertiary/aromatic N) is 5. The lowest BCUT2D eigenvalue weighted by Crippen LogP contribution is -2.51. The van der Waals surface area contributed by atoms with Gasteiger partial charge in [0.05, 0.1) is 59.5 Å². The lowest BCUT2D eigenvalue weighted by molar-refractivity contribution is -0.945. The Bertz CT molecular complexity index is 1730. The van der Waals surface area contributed by atoms with Crippen molar-refractivity contribution < 1.29 is 47.5 Å². The van der Waals surface area contributed by atoms with E-state index >= 15 is 0 Å². The van der Waals surface area contributed by atoms with Gasteiger partial charge in [0, 0.05) is 35.7 Å². The van der Waals surface area contributed by atoms with Gasteiger partial charge in [-0.15, -0.1) is 0 Å². The molecule has 1 aliphatic rings. The topological polar surface area (TPSA) is 191 Å². The van der Waals surface area contributed by atoms with Crippen LogP contribution in [0.5, 0.6) is 0 Å². The molecule has 1 atom stereocenters. The van der Waals surface area contributed by atoms with Crippen molar-refractivity contribution >= 4 is 29.2 Å². The summed E-state index contributed by atoms with van der Waals surface area (Å²) in [4.78, 5) is 57.1. The van der Waals surface area contributed by atoms with Crippen LogP contribution >= 0.6 is 0 Å². The van der Waals surface area contributed by atoms with Crippen LogP contribution in [0.3, 0.4) is 0 Å². The summed E-state index contributed by atoms with van der Waals surface area (Å²) in [5, 5.41) is 34.0. The van der Waals surface area contributed by atoms with Crippen LogP contribution in [0.1, 0.15) is 54.4 Å². The third-order valence-electron chi connectivity index (χ3n) is 9.40. The lowest BCUT2D eigenvalue weighted by Gasteiger charge is -2.41. The van der Waals surface area contributed by atoms with Crippen LogP contribution in [0.25, 0.3) is 0 Å². The summed E-state index contributed by atoms with van der Waals surface area (Å²) in [5.41, 5.74) is 2.86. The number of esters is 1. The fourth-order valence-corrected chi connectivity index (χ4v) is 6.65. The first-order valence-corrected chi connectivity index (χ1v) is 17.1. The molecular weight excluding hydrogens is 678 g/mol. The predicted octanol–water partition coefficient (Wildman–Crippen LogP) is 6.50. The Hall–Kier alpha value is -5.48. The number of likely N-dealkylation sites (N-methyl/N-ethyl adjacent to an activating group) is 1. The number of likely N-dealkylation sites (tertiary alicyclic amines) is 1. The number of hydrogen-bond donors (Lipinski definition) is 0. The molecule has 0 saturated carbocycles. The Morgan fingerprint density at radius 1 is 0.769 bits per heavy atom. The van der Waals surface area contributed by atoms with Crippen LogP contribution in [0.2, 0.25) is 0 Å². The zero-order valence-electron chi connectivity index (χ0n) is 29.5. The van der Waals surface area contributed by atoms with E-state index in [1.165, 1.54) is 24.3 Å². The summed E-state index contributed by atoms with van der Waals surface area (Å²) >= 11 is 0. The Kier molecular flexibility index (Phi) is 13.7. The van der Waals surface area contributed by atoms with Gasteiger partial charge in [0.25, 0.3) is 17.1 Å². The number of ether oxygens (including phenoxy) is 3. The van der Waals surface area contributed by atoms with E-state index in [-0.39, 0.29) is 30.1 Å². The molecule has 16 nitrogen and oxygen atoms in total. The number of quaternary nitrogens is 2. The quantitative estimate of drug-likeness (QED) is 0.0457. The van der Waals surface area contributed by atoms with Crippen molar-refractivity contribution in [2.45, 2.75) is 58.7 Å². The Balaban J connectivity index is 1.24. The van der Waals surface area contributed by atoms with Crippen molar-refractivity contribution in [1.82, 2.24) is 0 Å². The molecule has 1 fully saturated rings. The van der Waals surface area contributed by atoms with E-state index in [0.29, 0.717) is 53.7 Å². The Morgan fingerprint density at radius 3 is 1.96 bits per heavy atom. The number of benzene rings is 3. The normalized spacial score (nSPS) is 14.8. The number of rotatable bonds is 18. The molecule has 16 heteroatoms. The van der Waals surface area contributed by atoms with Crippen LogP contribution in [0, 0.1) is 37.3 Å². The van der Waals surface area contributed by atoms with Gasteiger partial charge >= 0.3 is 12.1 Å². The van der Waals surface area contributed by atoms with E-state index in [0.717, 1.165) is 55.1 Å². The SMILES string of the molecule is Cc1ccc(C[N+](C)(CCOC(=O)OCOC(=O)CCC[N+]2(Cc3ccc([N+](=O)[O-])cc3[N+](=O)[O-])CCCCC2)Cc2ccc([N+](=O)[O-])cc2)cc1. The van der Waals surface area contributed by atoms with Gasteiger partial charge in [-0.25, -0.2) is 4.79 Å². The maximum Gasteiger partial charge on any atom is 0.511 e. The number of aryl methyl sites for hydroxylation is 1. The van der Waals surface area contributed by atoms with Gasteiger partial charge in [0.2, 0.25) is 6.79 Å². The smallest absolute Gasteiger partial charge is 0.428 e. The molecule has 1 heterocycles. The Morgan fingerprint density at radius 2 is 1.37 bits per heavy atom. The van der Waals surface area contributed by atoms with Gasteiger partial charge < -0.3 is 23.2 Å². The minimum Gasteiger partial charge on any atom is -0.428 e. The molecule has 0 radical (unpaired) electrons. The second-order valence-electron chi connectivity index (χ2n) is 13.6. The van der Waals surface area contributed by atoms with E-state index in [2.05, 4.69) is 0 Å². The van der Waals surface area contributed by atoms with Crippen LogP contribution < -0.4 is 0 Å². The van der Waals surface area contributed by atoms with Crippen molar-refractivity contribution in [1.29, 1.82) is 0 Å². The molecule has 0 aliphatic carbocycles. The van der Waals surface area contributed by atoms with Crippen LogP contribution in [-0.4, -0.2) is 82.5 Å². The zero-order valence-corrected chi connectivity index (χ0v) is 29.5. The van der Waals surface area contributed by atoms with Crippen molar-refractivity contribution in [3.8, 4) is 0 Å². The molecule has 1 unspecified atom stereocenters. The lowest BCUT2D eigenvalue weighted by atomic mass is 10.0. The van der Waals surface area contributed by atoms with Gasteiger partial charge in [0.1, 0.15) is 32.8 Å². The molecule has 0 amide bonds. The number of carbonyl (C=O) groups excluding carboxylic acids is 2. The highest BCUT2D eigenvalue weighted by atomic mass is 16.8. The molecule has 0 aromatic heterocycles. The third-order valence-corrected chi connectivity index (χ3v) is 9.40. The highest BCUT2D eigenvalue weighted by Crippen LogP contribution is 2.31. The average Bonchev–Trinajstić information content (AvgIpc) is 3.10. The zero-order chi connectivity index (χ0) is 37.7. The molecular formula is C36H45N5O11+2. The molecule has 0 spiro atoms. The number of nitro benzene ring substituents is 3. The van der Waals surface area contributed by atoms with E-state index in [1.807, 2.05) is 38.2 Å². The summed E-state index contributed by atoms with van der Waals surface area (Å²) in [6.07, 6.45) is 2.34. The molecule has 3 aromatic rings. The molecule has 278 valence electrons. The van der Waals surface area contributed by atoms with Crippen molar-refractivity contribution in [2.24, 2.45) is 0 Å². The van der Waals surface area contributed by atoms with Crippen LogP contribution in [0.4, 0.5) is 21.9 Å². The molecule has 1 saturated heterocycles. The first-order chi connectivity index (χ1) is 24.8. The number of hydrogen-bond acceptors (Lipinski definition) is 11. The maximum atomic E-state index is 12.5. The van der Waals surface area contributed by atoms with Crippen LogP contribution in [-0.2, 0) is 38.6 Å². The standard InChI is InChI=1S/C36H45N5O11/c1-28-8-10-29(11-9-28)24-40(2,25-30-12-15-32(16-13-30)37(44)45)21-22-50-36(43)52-27-51-35(42)7-6-20-41(18-4-3-5-19-41)26-31-14-17-33(38(46)47)23-34(31)39(48)49/h8-17,23H,3-7,18-22,24-27H2,1-2H3/q+2. The summed E-state index contributed by atoms with van der Waals surface area (Å²) in [5.74, 6) is -0.574. The first kappa shape index (κ1) is 39.3. The summed E-state index contributed by atoms with van der Waals surface area (Å²) in [7, 11) is 2.00. The Labute approximate surface area is 301 Å². The maximum absolute atomic E-state index is 12.5. The predicted molar refractivity (Wildman–Crippen MR) is 188 cm³/mol. The molecule has 0 N–H and O–H groups in total. The molecule has 4 rings (SSSR count). The summed E-state index contributed by atoms with van der Waals surface area (Å²) in [6, 6.07) is 18.2. The molecule has 0 bridgehead atoms. The van der Waals surface area contributed by atoms with Gasteiger partial charge in [-0.3, -0.25) is 35.1 Å². The van der Waals surface area contributed by atoms with Gasteiger partial charge in [-0.2, -0.15) is 0 Å². The number of non-ortho nitro benzene ring substituents is 2. The summed E-state index contributed by atoms with van der Waals surface area (Å²) < 4.78 is 16.3. The van der Waals surface area contributed by atoms with Crippen LogP contribution in [0.15, 0.2) is 66.7 Å². The van der Waals surface area contributed by atoms with Gasteiger partial charge in [-0.05, 0) is 44.4 Å². The molecule has 3 aromatic carbocycles. The number of piperidine rings is 1. The fraction of sp³-hybridized carbons (Fsp3) is 0.444. The largest absolute Gasteiger partial charge is 0.511 e. The monoisotopic (exact) mass is 723 g/mol. The number of nitro groups is 3. The molecule has 1 aliphatic heterocycles. The summed E-state index contributed by atoms with van der Waals surface area (Å²) in [6.45, 7) is 5.30. The second kappa shape index (κ2) is 18.1. The van der Waals surface area contributed by atoms with E-state index in [4.69, 9.17) is 14.2 Å². The third kappa shape index (κ3) is 11.8. The van der Waals surface area contributed by atoms with Crippen molar-refractivity contribution in [3.05, 3.63) is 119 Å². The van der Waals surface area contributed by atoms with Gasteiger partial charge in [0.15, 0.2) is 0 Å². The van der Waals surface area contributed by atoms with E-state index in [9.17, 15) is 39.9 Å². The average molecular weight is 724 g/mol. The highest BCUT2D eigenvalue weighted by Gasteiger charge is 2.33. The van der Waals surface area contributed by atoms with Gasteiger partial charge in [-0.1, -0.05) is 29.8 Å². The second-order valence-corrected chi connectivity index (χ2v) is 13.6. The fourth-order valence-electron chi connectivity index (χ4n) is 6.65. The minimum absolute atomic E-state index is 0.00329. The van der Waals surface area contributed by atoms with E-state index < -0.39 is 33.7 Å². The highest BCUT2D eigenvalue weighted by molar-refractivity contribution is 5.69. The minimum atomic E-state index is -0.993. The van der Waals surface area contributed by atoms with E-state index in [1.54, 1.807) is 12.1 Å². The number of carbonyl (C=O) groups is 2. The van der Waals surface area contributed by atoms with Crippen molar-refractivity contribution in [3.63, 3.8) is 0 Å². The first-order valence-electron chi connectivity index (χ1n) is 17.1.